The summed E-state index contributed by atoms with van der Waals surface area (Å²) >= 11 is 2.79. The zero-order valence-electron chi connectivity index (χ0n) is 18.9. The summed E-state index contributed by atoms with van der Waals surface area (Å²) in [5.41, 5.74) is 3.71. The number of hydrogen-bond acceptors (Lipinski definition) is 5. The molecular weight excluding hydrogens is 464 g/mol. The van der Waals surface area contributed by atoms with Gasteiger partial charge in [0.25, 0.3) is 0 Å². The number of thiazole rings is 1. The van der Waals surface area contributed by atoms with Gasteiger partial charge < -0.3 is 10.1 Å². The van der Waals surface area contributed by atoms with Gasteiger partial charge in [0.2, 0.25) is 5.91 Å². The minimum absolute atomic E-state index is 0.0452. The van der Waals surface area contributed by atoms with Crippen molar-refractivity contribution < 1.29 is 9.53 Å². The van der Waals surface area contributed by atoms with Gasteiger partial charge in [-0.15, -0.1) is 11.8 Å². The van der Waals surface area contributed by atoms with Crippen molar-refractivity contribution in [2.45, 2.75) is 17.9 Å². The number of rotatable bonds is 5. The monoisotopic (exact) mass is 488 g/mol. The molecule has 0 bridgehead atoms. The summed E-state index contributed by atoms with van der Waals surface area (Å²) in [5.74, 6) is 0.648. The van der Waals surface area contributed by atoms with E-state index in [9.17, 15) is 9.59 Å². The van der Waals surface area contributed by atoms with E-state index in [1.165, 1.54) is 11.3 Å². The average molecular weight is 489 g/mol. The summed E-state index contributed by atoms with van der Waals surface area (Å²) in [7, 11) is 1.63. The third-order valence-electron chi connectivity index (χ3n) is 6.00. The molecule has 0 unspecified atom stereocenters. The van der Waals surface area contributed by atoms with Crippen LogP contribution in [0, 0.1) is 12.8 Å². The highest BCUT2D eigenvalue weighted by Crippen LogP contribution is 2.47. The van der Waals surface area contributed by atoms with Crippen LogP contribution in [0.1, 0.15) is 21.9 Å². The zero-order chi connectivity index (χ0) is 23.7. The molecule has 172 valence electrons. The van der Waals surface area contributed by atoms with Crippen LogP contribution in [0.25, 0.3) is 5.69 Å². The number of nitrogens with zero attached hydrogens (tertiary/aromatic N) is 1. The smallest absolute Gasteiger partial charge is 0.312 e. The minimum atomic E-state index is -0.340. The maximum atomic E-state index is 13.5. The predicted octanol–water partition coefficient (Wildman–Crippen LogP) is 5.71. The molecule has 1 aromatic heterocycles. The molecule has 0 radical (unpaired) electrons. The summed E-state index contributed by atoms with van der Waals surface area (Å²) in [6.07, 6.45) is 0. The third-order valence-corrected chi connectivity index (χ3v) is 8.36. The number of ether oxygens (including phenoxy) is 1. The maximum Gasteiger partial charge on any atom is 0.312 e. The quantitative estimate of drug-likeness (QED) is 0.391. The van der Waals surface area contributed by atoms with Crippen LogP contribution in [0.15, 0.2) is 88.7 Å². The second-order valence-electron chi connectivity index (χ2n) is 8.24. The molecule has 0 saturated carbocycles. The Bertz CT molecular complexity index is 1380. The minimum Gasteiger partial charge on any atom is -0.497 e. The molecule has 0 saturated heterocycles. The molecule has 7 heteroatoms. The van der Waals surface area contributed by atoms with E-state index >= 15 is 0 Å². The number of fused-ring (bicyclic) bond motifs is 1. The van der Waals surface area contributed by atoms with Crippen LogP contribution >= 0.6 is 23.1 Å². The molecule has 1 aliphatic heterocycles. The second kappa shape index (κ2) is 9.52. The fraction of sp³-hybridized carbons (Fsp3) is 0.185. The highest BCUT2D eigenvalue weighted by Gasteiger charge is 2.39. The topological polar surface area (TPSA) is 60.3 Å². The molecule has 0 fully saturated rings. The average Bonchev–Trinajstić information content (AvgIpc) is 3.21. The number of benzene rings is 3. The lowest BCUT2D eigenvalue weighted by atomic mass is 9.85. The van der Waals surface area contributed by atoms with Crippen LogP contribution in [0.3, 0.4) is 0 Å². The van der Waals surface area contributed by atoms with Crippen molar-refractivity contribution in [3.05, 3.63) is 105 Å². The van der Waals surface area contributed by atoms with Crippen molar-refractivity contribution in [3.8, 4) is 11.4 Å². The molecule has 3 aromatic carbocycles. The van der Waals surface area contributed by atoms with Crippen LogP contribution in [0.4, 0.5) is 5.69 Å². The van der Waals surface area contributed by atoms with Crippen LogP contribution in [-0.4, -0.2) is 23.3 Å². The first-order valence-electron chi connectivity index (χ1n) is 11.0. The van der Waals surface area contributed by atoms with E-state index in [1.54, 1.807) is 23.4 Å². The van der Waals surface area contributed by atoms with Crippen molar-refractivity contribution in [3.63, 3.8) is 0 Å². The fourth-order valence-electron chi connectivity index (χ4n) is 4.27. The Morgan fingerprint density at radius 3 is 2.53 bits per heavy atom. The molecule has 5 rings (SSSR count). The van der Waals surface area contributed by atoms with Crippen molar-refractivity contribution in [2.75, 3.05) is 18.2 Å². The highest BCUT2D eigenvalue weighted by atomic mass is 32.2. The summed E-state index contributed by atoms with van der Waals surface area (Å²) in [6.45, 7) is 2.02. The van der Waals surface area contributed by atoms with Crippen LogP contribution in [0.5, 0.6) is 5.75 Å². The van der Waals surface area contributed by atoms with E-state index in [1.807, 2.05) is 85.8 Å². The zero-order valence-corrected chi connectivity index (χ0v) is 20.5. The van der Waals surface area contributed by atoms with Gasteiger partial charge in [0.05, 0.1) is 23.7 Å². The lowest BCUT2D eigenvalue weighted by molar-refractivity contribution is -0.119. The molecule has 1 amide bonds. The molecule has 2 atom stereocenters. The maximum absolute atomic E-state index is 13.5. The molecule has 0 aliphatic carbocycles. The third kappa shape index (κ3) is 4.29. The van der Waals surface area contributed by atoms with E-state index in [4.69, 9.17) is 4.74 Å². The van der Waals surface area contributed by atoms with Crippen LogP contribution in [0.2, 0.25) is 0 Å². The Morgan fingerprint density at radius 2 is 1.79 bits per heavy atom. The van der Waals surface area contributed by atoms with Crippen molar-refractivity contribution in [1.82, 2.24) is 4.57 Å². The Morgan fingerprint density at radius 1 is 1.03 bits per heavy atom. The SMILES string of the molecule is COc1cccc([C@H]2c3sc(=O)n(-c4ccccc4)c3SC[C@@H]2C(=O)Nc2ccc(C)cc2)c1. The van der Waals surface area contributed by atoms with Crippen molar-refractivity contribution in [1.29, 1.82) is 0 Å². The lowest BCUT2D eigenvalue weighted by Crippen LogP contribution is -2.33. The Kier molecular flexibility index (Phi) is 6.30. The van der Waals surface area contributed by atoms with Gasteiger partial charge in [0.1, 0.15) is 5.75 Å². The van der Waals surface area contributed by atoms with Gasteiger partial charge in [-0.25, -0.2) is 0 Å². The molecule has 4 aromatic rings. The fourth-order valence-corrected chi connectivity index (χ4v) is 6.98. The lowest BCUT2D eigenvalue weighted by Gasteiger charge is -2.31. The molecule has 1 aliphatic rings. The van der Waals surface area contributed by atoms with E-state index in [-0.39, 0.29) is 22.6 Å². The van der Waals surface area contributed by atoms with Crippen molar-refractivity contribution in [2.24, 2.45) is 5.92 Å². The summed E-state index contributed by atoms with van der Waals surface area (Å²) in [4.78, 5) is 27.5. The molecular formula is C27H24N2O3S2. The molecule has 2 heterocycles. The predicted molar refractivity (Wildman–Crippen MR) is 139 cm³/mol. The number of amides is 1. The van der Waals surface area contributed by atoms with E-state index in [2.05, 4.69) is 5.32 Å². The van der Waals surface area contributed by atoms with Crippen LogP contribution < -0.4 is 14.9 Å². The second-order valence-corrected chi connectivity index (χ2v) is 10.2. The molecule has 0 spiro atoms. The number of carbonyl (C=O) groups excluding carboxylic acids is 1. The van der Waals surface area contributed by atoms with E-state index in [0.29, 0.717) is 5.75 Å². The number of hydrogen-bond donors (Lipinski definition) is 1. The summed E-state index contributed by atoms with van der Waals surface area (Å²) in [6, 6.07) is 25.3. The molecule has 34 heavy (non-hydrogen) atoms. The standard InChI is InChI=1S/C27H24N2O3S2/c1-17-11-13-19(14-12-17)28-25(30)22-16-33-26-24(23(22)18-7-6-10-21(15-18)32-2)34-27(31)29(26)20-8-4-3-5-9-20/h3-15,22-23H,16H2,1-2H3,(H,28,30)/t22-,23+/m0/s1. The number of carbonyl (C=O) groups is 1. The van der Waals surface area contributed by atoms with Gasteiger partial charge >= 0.3 is 4.87 Å². The van der Waals surface area contributed by atoms with Gasteiger partial charge in [-0.2, -0.15) is 0 Å². The Labute approximate surface area is 206 Å². The first-order chi connectivity index (χ1) is 16.5. The summed E-state index contributed by atoms with van der Waals surface area (Å²) in [5, 5.41) is 4.00. The molecule has 1 N–H and O–H groups in total. The first kappa shape index (κ1) is 22.5. The van der Waals surface area contributed by atoms with Gasteiger partial charge in [0, 0.05) is 22.2 Å². The van der Waals surface area contributed by atoms with Gasteiger partial charge in [-0.3, -0.25) is 14.2 Å². The van der Waals surface area contributed by atoms with E-state index < -0.39 is 0 Å². The number of para-hydroxylation sites is 1. The van der Waals surface area contributed by atoms with Gasteiger partial charge in [0.15, 0.2) is 0 Å². The van der Waals surface area contributed by atoms with Gasteiger partial charge in [-0.05, 0) is 48.9 Å². The number of aromatic nitrogens is 1. The Hall–Kier alpha value is -3.29. The molecule has 5 nitrogen and oxygen atoms in total. The van der Waals surface area contributed by atoms with Crippen LogP contribution in [-0.2, 0) is 4.79 Å². The van der Waals surface area contributed by atoms with E-state index in [0.717, 1.165) is 38.2 Å². The number of methoxy groups -OCH3 is 1. The first-order valence-corrected chi connectivity index (χ1v) is 12.8. The van der Waals surface area contributed by atoms with Gasteiger partial charge in [-0.1, -0.05) is 59.4 Å². The van der Waals surface area contributed by atoms with Crippen molar-refractivity contribution >= 4 is 34.7 Å². The number of aryl methyl sites for hydroxylation is 1. The number of thioether (sulfide) groups is 1. The Balaban J connectivity index is 1.59. The normalized spacial score (nSPS) is 17.1. The number of anilines is 1. The largest absolute Gasteiger partial charge is 0.497 e. The summed E-state index contributed by atoms with van der Waals surface area (Å²) < 4.78 is 7.23. The number of nitrogens with one attached hydrogen (secondary N) is 1. The highest BCUT2D eigenvalue weighted by molar-refractivity contribution is 7.99.